The zero-order valence-corrected chi connectivity index (χ0v) is 17.6. The number of anilines is 1. The number of aromatic amines is 1. The van der Waals surface area contributed by atoms with Gasteiger partial charge in [0.05, 0.1) is 40.6 Å². The van der Waals surface area contributed by atoms with Crippen molar-refractivity contribution in [1.82, 2.24) is 24.6 Å². The van der Waals surface area contributed by atoms with Gasteiger partial charge in [-0.2, -0.15) is 5.10 Å². The van der Waals surface area contributed by atoms with Crippen LogP contribution in [0.15, 0.2) is 36.3 Å². The first-order chi connectivity index (χ1) is 14.9. The number of halogens is 2. The Labute approximate surface area is 180 Å². The number of H-pyrrole nitrogens is 1. The number of nitrogens with zero attached hydrogens (tertiary/aromatic N) is 4. The first kappa shape index (κ1) is 19.7. The van der Waals surface area contributed by atoms with Crippen LogP contribution < -0.4 is 5.32 Å². The zero-order valence-electron chi connectivity index (χ0n) is 16.7. The highest BCUT2D eigenvalue weighted by molar-refractivity contribution is 7.98. The number of allylic oxidation sites excluding steroid dienone is 1. The standard InChI is InChI=1S/C21H18F2N6OS/c1-9(2)16-18(23)20(31-3)17(11-5-25-28-19(11)16)13-7-29-8-14(26-15(29)6-24-13)27-21(30)10-4-12(10)22/h5-8,10,12H,1,4H2,2-3H3,(H,25,28)(H,27,30)/t10-,12+/m1/s1. The van der Waals surface area contributed by atoms with E-state index in [9.17, 15) is 9.18 Å². The molecule has 1 aliphatic rings. The SMILES string of the molecule is C=C(C)c1c(F)c(SC)c(-c2cn3cc(NC(=O)[C@@H]4C[C@@H]4F)nc3cn2)c2cn[nH]c12. The maximum atomic E-state index is 15.4. The topological polar surface area (TPSA) is 88.0 Å². The number of fused-ring (bicyclic) bond motifs is 2. The quantitative estimate of drug-likeness (QED) is 0.447. The fourth-order valence-electron chi connectivity index (χ4n) is 3.71. The first-order valence-corrected chi connectivity index (χ1v) is 10.8. The summed E-state index contributed by atoms with van der Waals surface area (Å²) in [4.78, 5) is 21.2. The van der Waals surface area contributed by atoms with E-state index in [2.05, 4.69) is 32.1 Å². The van der Waals surface area contributed by atoms with E-state index in [1.165, 1.54) is 11.8 Å². The molecule has 0 bridgehead atoms. The number of amides is 1. The molecule has 0 saturated heterocycles. The Kier molecular flexibility index (Phi) is 4.54. The van der Waals surface area contributed by atoms with Gasteiger partial charge in [-0.3, -0.25) is 14.9 Å². The zero-order chi connectivity index (χ0) is 21.9. The fraction of sp³-hybridized carbons (Fsp3) is 0.238. The van der Waals surface area contributed by atoms with E-state index in [4.69, 9.17) is 0 Å². The molecule has 2 N–H and O–H groups in total. The lowest BCUT2D eigenvalue weighted by atomic mass is 9.99. The van der Waals surface area contributed by atoms with Crippen molar-refractivity contribution in [2.75, 3.05) is 11.6 Å². The number of carbonyl (C=O) groups excluding carboxylic acids is 1. The summed E-state index contributed by atoms with van der Waals surface area (Å²) in [6.07, 6.45) is 7.49. The second-order valence-electron chi connectivity index (χ2n) is 7.55. The number of aromatic nitrogens is 5. The highest BCUT2D eigenvalue weighted by atomic mass is 32.2. The molecule has 2 atom stereocenters. The van der Waals surface area contributed by atoms with E-state index in [1.807, 2.05) is 0 Å². The van der Waals surface area contributed by atoms with Gasteiger partial charge in [0.1, 0.15) is 12.0 Å². The molecule has 4 aromatic rings. The molecule has 0 unspecified atom stereocenters. The molecule has 1 saturated carbocycles. The Morgan fingerprint density at radius 2 is 2.16 bits per heavy atom. The average Bonchev–Trinajstić information content (AvgIpc) is 3.11. The molecule has 158 valence electrons. The number of imidazole rings is 1. The number of carbonyl (C=O) groups is 1. The van der Waals surface area contributed by atoms with Crippen LogP contribution in [0.5, 0.6) is 0 Å². The maximum Gasteiger partial charge on any atom is 0.231 e. The summed E-state index contributed by atoms with van der Waals surface area (Å²) < 4.78 is 30.2. The van der Waals surface area contributed by atoms with Crippen molar-refractivity contribution in [2.24, 2.45) is 5.92 Å². The predicted octanol–water partition coefficient (Wildman–Crippen LogP) is 4.46. The Balaban J connectivity index is 1.62. The van der Waals surface area contributed by atoms with Gasteiger partial charge in [-0.15, -0.1) is 11.8 Å². The molecule has 3 heterocycles. The molecule has 1 amide bonds. The van der Waals surface area contributed by atoms with Crippen molar-refractivity contribution in [1.29, 1.82) is 0 Å². The molecule has 0 radical (unpaired) electrons. The highest BCUT2D eigenvalue weighted by Gasteiger charge is 2.43. The van der Waals surface area contributed by atoms with Crippen LogP contribution in [0.1, 0.15) is 18.9 Å². The lowest BCUT2D eigenvalue weighted by Gasteiger charge is -2.14. The number of alkyl halides is 1. The van der Waals surface area contributed by atoms with Crippen LogP contribution in [-0.4, -0.2) is 42.9 Å². The minimum atomic E-state index is -1.08. The smallest absolute Gasteiger partial charge is 0.231 e. The monoisotopic (exact) mass is 440 g/mol. The average molecular weight is 440 g/mol. The molecule has 0 spiro atoms. The largest absolute Gasteiger partial charge is 0.309 e. The van der Waals surface area contributed by atoms with Gasteiger partial charge in [-0.1, -0.05) is 6.58 Å². The summed E-state index contributed by atoms with van der Waals surface area (Å²) in [6, 6.07) is 0. The maximum absolute atomic E-state index is 15.4. The minimum Gasteiger partial charge on any atom is -0.309 e. The highest BCUT2D eigenvalue weighted by Crippen LogP contribution is 2.41. The van der Waals surface area contributed by atoms with Gasteiger partial charge in [0.25, 0.3) is 0 Å². The molecule has 7 nitrogen and oxygen atoms in total. The number of nitrogens with one attached hydrogen (secondary N) is 2. The van der Waals surface area contributed by atoms with Crippen LogP contribution in [0.2, 0.25) is 0 Å². The van der Waals surface area contributed by atoms with E-state index in [1.54, 1.807) is 42.4 Å². The van der Waals surface area contributed by atoms with Crippen molar-refractivity contribution in [2.45, 2.75) is 24.4 Å². The van der Waals surface area contributed by atoms with Gasteiger partial charge in [0, 0.05) is 22.7 Å². The van der Waals surface area contributed by atoms with Gasteiger partial charge in [-0.05, 0) is 25.2 Å². The third kappa shape index (κ3) is 3.18. The summed E-state index contributed by atoms with van der Waals surface area (Å²) in [6.45, 7) is 5.65. The molecule has 1 aliphatic carbocycles. The van der Waals surface area contributed by atoms with E-state index >= 15 is 4.39 Å². The van der Waals surface area contributed by atoms with Gasteiger partial charge in [0.2, 0.25) is 5.91 Å². The minimum absolute atomic E-state index is 0.245. The number of hydrogen-bond donors (Lipinski definition) is 2. The first-order valence-electron chi connectivity index (χ1n) is 9.57. The molecule has 5 rings (SSSR count). The summed E-state index contributed by atoms with van der Waals surface area (Å²) in [5, 5.41) is 10.3. The molecular weight excluding hydrogens is 422 g/mol. The molecule has 1 fully saturated rings. The van der Waals surface area contributed by atoms with Crippen LogP contribution in [0.3, 0.4) is 0 Å². The van der Waals surface area contributed by atoms with E-state index in [0.717, 1.165) is 5.39 Å². The fourth-order valence-corrected chi connectivity index (χ4v) is 4.41. The van der Waals surface area contributed by atoms with Crippen LogP contribution in [-0.2, 0) is 4.79 Å². The lowest BCUT2D eigenvalue weighted by molar-refractivity contribution is -0.117. The van der Waals surface area contributed by atoms with Crippen molar-refractivity contribution in [3.8, 4) is 11.3 Å². The van der Waals surface area contributed by atoms with Crippen molar-refractivity contribution < 1.29 is 13.6 Å². The van der Waals surface area contributed by atoms with E-state index in [-0.39, 0.29) is 18.1 Å². The van der Waals surface area contributed by atoms with Crippen LogP contribution in [0.4, 0.5) is 14.6 Å². The number of thioether (sulfide) groups is 1. The molecule has 1 aromatic carbocycles. The van der Waals surface area contributed by atoms with Gasteiger partial charge < -0.3 is 9.72 Å². The summed E-state index contributed by atoms with van der Waals surface area (Å²) >= 11 is 1.28. The molecule has 31 heavy (non-hydrogen) atoms. The Hall–Kier alpha value is -3.27. The summed E-state index contributed by atoms with van der Waals surface area (Å²) in [7, 11) is 0. The van der Waals surface area contributed by atoms with Crippen molar-refractivity contribution in [3.05, 3.63) is 42.7 Å². The lowest BCUT2D eigenvalue weighted by Crippen LogP contribution is -2.15. The molecule has 10 heteroatoms. The second kappa shape index (κ2) is 7.16. The van der Waals surface area contributed by atoms with Crippen molar-refractivity contribution in [3.63, 3.8) is 0 Å². The van der Waals surface area contributed by atoms with Crippen molar-refractivity contribution >= 4 is 45.6 Å². The Morgan fingerprint density at radius 3 is 2.84 bits per heavy atom. The molecule has 0 aliphatic heterocycles. The van der Waals surface area contributed by atoms with Gasteiger partial charge in [-0.25, -0.2) is 13.8 Å². The van der Waals surface area contributed by atoms with Crippen LogP contribution in [0, 0.1) is 11.7 Å². The third-order valence-electron chi connectivity index (χ3n) is 5.33. The summed E-state index contributed by atoms with van der Waals surface area (Å²) in [5.74, 6) is -1.05. The third-order valence-corrected chi connectivity index (χ3v) is 6.13. The molecular formula is C21H18F2N6OS. The summed E-state index contributed by atoms with van der Waals surface area (Å²) in [5.41, 5.74) is 3.19. The Bertz CT molecular complexity index is 1380. The molecule has 3 aromatic heterocycles. The number of benzene rings is 1. The van der Waals surface area contributed by atoms with Gasteiger partial charge in [0.15, 0.2) is 11.5 Å². The van der Waals surface area contributed by atoms with Crippen LogP contribution >= 0.6 is 11.8 Å². The Morgan fingerprint density at radius 1 is 1.39 bits per heavy atom. The normalized spacial score (nSPS) is 17.9. The predicted molar refractivity (Wildman–Crippen MR) is 116 cm³/mol. The number of rotatable bonds is 5. The van der Waals surface area contributed by atoms with E-state index < -0.39 is 12.1 Å². The van der Waals surface area contributed by atoms with E-state index in [0.29, 0.717) is 44.3 Å². The second-order valence-corrected chi connectivity index (χ2v) is 8.36. The van der Waals surface area contributed by atoms with Crippen LogP contribution in [0.25, 0.3) is 33.4 Å². The van der Waals surface area contributed by atoms with Gasteiger partial charge >= 0.3 is 0 Å². The number of hydrogen-bond acceptors (Lipinski definition) is 5.